The Morgan fingerprint density at radius 2 is 1.14 bits per heavy atom. The highest BCUT2D eigenvalue weighted by Crippen LogP contribution is 2.43. The average molecular weight is 811 g/mol. The van der Waals surface area contributed by atoms with E-state index in [-0.39, 0.29) is 19.4 Å². The van der Waals surface area contributed by atoms with Crippen molar-refractivity contribution in [3.63, 3.8) is 0 Å². The van der Waals surface area contributed by atoms with Crippen LogP contribution in [0.2, 0.25) is 0 Å². The molecule has 0 aliphatic carbocycles. The van der Waals surface area contributed by atoms with Crippen LogP contribution in [0.15, 0.2) is 72.9 Å². The number of hydrogen-bond donors (Lipinski definition) is 4. The first-order valence-electron chi connectivity index (χ1n) is 21.0. The molecule has 0 saturated carbocycles. The van der Waals surface area contributed by atoms with Crippen molar-refractivity contribution in [2.45, 2.75) is 167 Å². The maximum absolute atomic E-state index is 12.6. The van der Waals surface area contributed by atoms with Gasteiger partial charge in [-0.25, -0.2) is 4.57 Å². The van der Waals surface area contributed by atoms with Gasteiger partial charge in [-0.3, -0.25) is 18.6 Å². The molecule has 0 radical (unpaired) electrons. The van der Waals surface area contributed by atoms with Crippen LogP contribution >= 0.6 is 7.82 Å². The van der Waals surface area contributed by atoms with Crippen molar-refractivity contribution in [2.75, 3.05) is 26.4 Å². The van der Waals surface area contributed by atoms with Gasteiger partial charge in [0, 0.05) is 12.8 Å². The summed E-state index contributed by atoms with van der Waals surface area (Å²) in [6, 6.07) is 0. The average Bonchev–Trinajstić information content (AvgIpc) is 3.18. The zero-order chi connectivity index (χ0) is 41.4. The molecule has 1 unspecified atom stereocenters. The molecule has 0 aliphatic rings. The monoisotopic (exact) mass is 811 g/mol. The summed E-state index contributed by atoms with van der Waals surface area (Å²) in [7, 11) is -4.65. The summed E-state index contributed by atoms with van der Waals surface area (Å²) in [4.78, 5) is 34.9. The van der Waals surface area contributed by atoms with E-state index >= 15 is 0 Å². The summed E-state index contributed by atoms with van der Waals surface area (Å²) in [5.74, 6) is -1.05. The standard InChI is InChI=1S/C44H75O11P/c1-3-5-7-9-11-12-13-14-15-16-17-18-22-26-30-34-43(48)52-38-42(39-54-56(50,51)53-37-41(47)36-45)55-44(49)35-31-27-23-20-19-21-25-29-33-40(46)32-28-24-10-8-6-4-2/h11-12,14-15,20-21,23-25,28-29,33,40-42,45-47H,3-10,13,16-19,22,26-27,30-32,34-39H2,1-2H3,(H,50,51)/b12-11-,15-14-,23-20-,25-21-,28-24-,33-29+/t40-,41-,42+/m0/s1. The Morgan fingerprint density at radius 3 is 1.79 bits per heavy atom. The molecule has 0 fully saturated rings. The fourth-order valence-corrected chi connectivity index (χ4v) is 5.89. The van der Waals surface area contributed by atoms with Crippen LogP contribution in [-0.2, 0) is 32.7 Å². The molecule has 0 aromatic rings. The minimum absolute atomic E-state index is 0.0697. The van der Waals surface area contributed by atoms with Gasteiger partial charge in [0.25, 0.3) is 0 Å². The van der Waals surface area contributed by atoms with E-state index < -0.39 is 57.9 Å². The van der Waals surface area contributed by atoms with Gasteiger partial charge in [0.1, 0.15) is 12.7 Å². The molecule has 0 aliphatic heterocycles. The molecule has 0 aromatic carbocycles. The number of aliphatic hydroxyl groups is 3. The van der Waals surface area contributed by atoms with Crippen LogP contribution in [0.1, 0.15) is 149 Å². The molecule has 0 spiro atoms. The summed E-state index contributed by atoms with van der Waals surface area (Å²) in [5, 5.41) is 28.3. The van der Waals surface area contributed by atoms with E-state index in [4.69, 9.17) is 19.1 Å². The molecule has 4 N–H and O–H groups in total. The van der Waals surface area contributed by atoms with Gasteiger partial charge < -0.3 is 29.7 Å². The van der Waals surface area contributed by atoms with Crippen LogP contribution in [0.4, 0.5) is 0 Å². The zero-order valence-electron chi connectivity index (χ0n) is 34.4. The van der Waals surface area contributed by atoms with Crippen LogP contribution in [0.25, 0.3) is 0 Å². The lowest BCUT2D eigenvalue weighted by molar-refractivity contribution is -0.161. The van der Waals surface area contributed by atoms with Crippen molar-refractivity contribution in [3.05, 3.63) is 72.9 Å². The van der Waals surface area contributed by atoms with E-state index in [0.717, 1.165) is 51.4 Å². The second-order valence-corrected chi connectivity index (χ2v) is 15.3. The first kappa shape index (κ1) is 53.4. The zero-order valence-corrected chi connectivity index (χ0v) is 35.3. The summed E-state index contributed by atoms with van der Waals surface area (Å²) in [5.41, 5.74) is 0. The number of esters is 2. The lowest BCUT2D eigenvalue weighted by Crippen LogP contribution is -2.29. The molecular weight excluding hydrogens is 735 g/mol. The quantitative estimate of drug-likeness (QED) is 0.0154. The van der Waals surface area contributed by atoms with Crippen LogP contribution in [0.3, 0.4) is 0 Å². The Bertz CT molecular complexity index is 1180. The third-order valence-corrected chi connectivity index (χ3v) is 9.36. The van der Waals surface area contributed by atoms with Gasteiger partial charge >= 0.3 is 19.8 Å². The van der Waals surface area contributed by atoms with Crippen LogP contribution in [0.5, 0.6) is 0 Å². The second kappa shape index (κ2) is 39.2. The molecule has 0 aromatic heterocycles. The van der Waals surface area contributed by atoms with Crippen molar-refractivity contribution in [1.82, 2.24) is 0 Å². The van der Waals surface area contributed by atoms with Gasteiger partial charge in [0.15, 0.2) is 6.10 Å². The summed E-state index contributed by atoms with van der Waals surface area (Å²) in [6.07, 6.45) is 40.4. The number of carbonyl (C=O) groups excluding carboxylic acids is 2. The molecule has 322 valence electrons. The number of carbonyl (C=O) groups is 2. The normalized spacial score (nSPS) is 15.2. The maximum atomic E-state index is 12.6. The fourth-order valence-electron chi connectivity index (χ4n) is 5.10. The first-order chi connectivity index (χ1) is 27.1. The third kappa shape index (κ3) is 38.3. The first-order valence-corrected chi connectivity index (χ1v) is 22.5. The van der Waals surface area contributed by atoms with E-state index in [9.17, 15) is 29.3 Å². The van der Waals surface area contributed by atoms with Crippen molar-refractivity contribution >= 4 is 19.8 Å². The number of aliphatic hydroxyl groups excluding tert-OH is 3. The highest BCUT2D eigenvalue weighted by Gasteiger charge is 2.27. The van der Waals surface area contributed by atoms with Crippen molar-refractivity contribution in [1.29, 1.82) is 0 Å². The number of unbranched alkanes of at least 4 members (excludes halogenated alkanes) is 12. The lowest BCUT2D eigenvalue weighted by Gasteiger charge is -2.20. The van der Waals surface area contributed by atoms with E-state index in [1.54, 1.807) is 6.08 Å². The number of hydrogen-bond acceptors (Lipinski definition) is 10. The number of allylic oxidation sites excluding steroid dienone is 10. The van der Waals surface area contributed by atoms with Gasteiger partial charge in [-0.15, -0.1) is 0 Å². The largest absolute Gasteiger partial charge is 0.472 e. The maximum Gasteiger partial charge on any atom is 0.472 e. The number of ether oxygens (including phenoxy) is 2. The third-order valence-electron chi connectivity index (χ3n) is 8.41. The SMILES string of the molecule is CCCCC/C=C\C/C=C\CCCCCCCC(=O)OC[C@H](COP(=O)(O)OC[C@@H](O)CO)OC(=O)CCC/C=C\C/C=C\C=C\[C@@H](O)C/C=C\CCCCC. The molecule has 0 bridgehead atoms. The lowest BCUT2D eigenvalue weighted by atomic mass is 10.1. The number of rotatable bonds is 38. The van der Waals surface area contributed by atoms with Crippen molar-refractivity contribution in [2.24, 2.45) is 0 Å². The molecule has 4 atom stereocenters. The minimum Gasteiger partial charge on any atom is -0.462 e. The van der Waals surface area contributed by atoms with Gasteiger partial charge in [0.2, 0.25) is 0 Å². The van der Waals surface area contributed by atoms with Gasteiger partial charge in [0.05, 0.1) is 25.9 Å². The minimum atomic E-state index is -4.65. The Balaban J connectivity index is 4.53. The molecular formula is C44H75O11P. The Morgan fingerprint density at radius 1 is 0.607 bits per heavy atom. The predicted octanol–water partition coefficient (Wildman–Crippen LogP) is 9.86. The molecule has 0 heterocycles. The van der Waals surface area contributed by atoms with Crippen molar-refractivity contribution < 1.29 is 52.9 Å². The van der Waals surface area contributed by atoms with Crippen LogP contribution < -0.4 is 0 Å². The smallest absolute Gasteiger partial charge is 0.462 e. The van der Waals surface area contributed by atoms with E-state index in [2.05, 4.69) is 48.8 Å². The topological polar surface area (TPSA) is 169 Å². The Kier molecular flexibility index (Phi) is 37.4. The second-order valence-electron chi connectivity index (χ2n) is 13.9. The van der Waals surface area contributed by atoms with Gasteiger partial charge in [-0.1, -0.05) is 132 Å². The molecule has 0 amide bonds. The van der Waals surface area contributed by atoms with E-state index in [1.807, 2.05) is 36.5 Å². The highest BCUT2D eigenvalue weighted by atomic mass is 31.2. The summed E-state index contributed by atoms with van der Waals surface area (Å²) >= 11 is 0. The van der Waals surface area contributed by atoms with Crippen LogP contribution in [0, 0.1) is 0 Å². The van der Waals surface area contributed by atoms with Gasteiger partial charge in [-0.05, 0) is 77.0 Å². The highest BCUT2D eigenvalue weighted by molar-refractivity contribution is 7.47. The molecule has 56 heavy (non-hydrogen) atoms. The van der Waals surface area contributed by atoms with Crippen LogP contribution in [-0.4, -0.2) is 76.9 Å². The number of phosphoric ester groups is 1. The fraction of sp³-hybridized carbons (Fsp3) is 0.682. The summed E-state index contributed by atoms with van der Waals surface area (Å²) in [6.45, 7) is 2.13. The number of phosphoric acid groups is 1. The van der Waals surface area contributed by atoms with Crippen molar-refractivity contribution in [3.8, 4) is 0 Å². The summed E-state index contributed by atoms with van der Waals surface area (Å²) < 4.78 is 32.6. The molecule has 0 rings (SSSR count). The Hall–Kier alpha value is -2.63. The molecule has 12 heteroatoms. The molecule has 11 nitrogen and oxygen atoms in total. The van der Waals surface area contributed by atoms with E-state index in [1.165, 1.54) is 38.5 Å². The van der Waals surface area contributed by atoms with E-state index in [0.29, 0.717) is 32.1 Å². The predicted molar refractivity (Wildman–Crippen MR) is 225 cm³/mol. The Labute approximate surface area is 338 Å². The molecule has 0 saturated heterocycles. The van der Waals surface area contributed by atoms with Gasteiger partial charge in [-0.2, -0.15) is 0 Å².